The van der Waals surface area contributed by atoms with E-state index >= 15 is 0 Å². The molecule has 0 aromatic carbocycles. The number of nitrogens with zero attached hydrogens (tertiary/aromatic N) is 1. The zero-order valence-electron chi connectivity index (χ0n) is 11.9. The molecule has 0 fully saturated rings. The Labute approximate surface area is 117 Å². The topological polar surface area (TPSA) is 103 Å². The van der Waals surface area contributed by atoms with Gasteiger partial charge in [-0.1, -0.05) is 0 Å². The third-order valence-corrected chi connectivity index (χ3v) is 3.09. The molecule has 0 radical (unpaired) electrons. The largest absolute Gasteiger partial charge is 0.477 e. The highest BCUT2D eigenvalue weighted by Gasteiger charge is 2.25. The normalized spacial score (nSPS) is 10.6. The predicted octanol–water partition coefficient (Wildman–Crippen LogP) is 0.411. The zero-order valence-corrected chi connectivity index (χ0v) is 11.9. The average Bonchev–Trinajstić information content (AvgIpc) is 2.69. The van der Waals surface area contributed by atoms with Crippen molar-refractivity contribution in [2.45, 2.75) is 13.8 Å². The lowest BCUT2D eigenvalue weighted by atomic mass is 10.1. The predicted molar refractivity (Wildman–Crippen MR) is 72.1 cm³/mol. The van der Waals surface area contributed by atoms with Crippen LogP contribution in [0.5, 0.6) is 0 Å². The fourth-order valence-electron chi connectivity index (χ4n) is 2.08. The van der Waals surface area contributed by atoms with E-state index in [1.165, 1.54) is 12.0 Å². The molecule has 0 spiro atoms. The lowest BCUT2D eigenvalue weighted by Gasteiger charge is -2.21. The molecular weight excluding hydrogens is 264 g/mol. The molecule has 0 bridgehead atoms. The van der Waals surface area contributed by atoms with Gasteiger partial charge in [0.2, 0.25) is 0 Å². The molecule has 7 heteroatoms. The quantitative estimate of drug-likeness (QED) is 0.673. The van der Waals surface area contributed by atoms with Gasteiger partial charge in [-0.3, -0.25) is 4.79 Å². The summed E-state index contributed by atoms with van der Waals surface area (Å²) in [4.78, 5) is 27.7. The summed E-state index contributed by atoms with van der Waals surface area (Å²) in [5.74, 6) is -1.41. The number of carboxylic acid groups (broad SMARTS) is 1. The highest BCUT2D eigenvalue weighted by atomic mass is 16.5. The summed E-state index contributed by atoms with van der Waals surface area (Å²) in [6, 6.07) is 0. The highest BCUT2D eigenvalue weighted by molar-refractivity contribution is 6.00. The number of ether oxygens (including phenoxy) is 1. The van der Waals surface area contributed by atoms with Crippen LogP contribution in [-0.2, 0) is 4.74 Å². The van der Waals surface area contributed by atoms with Gasteiger partial charge in [-0.2, -0.15) is 0 Å². The van der Waals surface area contributed by atoms with Crippen molar-refractivity contribution in [2.75, 3.05) is 33.4 Å². The molecule has 1 heterocycles. The summed E-state index contributed by atoms with van der Waals surface area (Å²) in [5.41, 5.74) is 1.26. The summed E-state index contributed by atoms with van der Waals surface area (Å²) in [7, 11) is 1.52. The SMILES string of the molecule is COCCN(CCO)C(=O)c1c(C)[nH]c(C(=O)O)c1C. The fraction of sp³-hybridized carbons (Fsp3) is 0.538. The standard InChI is InChI=1S/C13H20N2O5/c1-8-10(9(2)14-11(8)13(18)19)12(17)15(4-6-16)5-7-20-3/h14,16H,4-7H2,1-3H3,(H,18,19). The van der Waals surface area contributed by atoms with Crippen molar-refractivity contribution in [1.82, 2.24) is 9.88 Å². The molecule has 0 saturated heterocycles. The Morgan fingerprint density at radius 3 is 2.40 bits per heavy atom. The number of rotatable bonds is 7. The molecule has 112 valence electrons. The molecule has 0 saturated carbocycles. The maximum absolute atomic E-state index is 12.5. The van der Waals surface area contributed by atoms with Crippen molar-refractivity contribution in [1.29, 1.82) is 0 Å². The minimum absolute atomic E-state index is 0.0153. The lowest BCUT2D eigenvalue weighted by Crippen LogP contribution is -2.36. The summed E-state index contributed by atoms with van der Waals surface area (Å²) in [6.45, 7) is 3.94. The third kappa shape index (κ3) is 3.37. The Bertz CT molecular complexity index is 495. The molecule has 0 unspecified atom stereocenters. The number of methoxy groups -OCH3 is 1. The molecule has 1 rings (SSSR count). The number of aryl methyl sites for hydroxylation is 1. The number of carbonyl (C=O) groups is 2. The molecule has 0 aliphatic rings. The number of nitrogens with one attached hydrogen (secondary N) is 1. The van der Waals surface area contributed by atoms with Gasteiger partial charge in [0.1, 0.15) is 5.69 Å². The number of carbonyl (C=O) groups excluding carboxylic acids is 1. The summed E-state index contributed by atoms with van der Waals surface area (Å²) in [5, 5.41) is 18.1. The maximum atomic E-state index is 12.5. The van der Waals surface area contributed by atoms with Crippen LogP contribution < -0.4 is 0 Å². The van der Waals surface area contributed by atoms with Gasteiger partial charge in [-0.25, -0.2) is 4.79 Å². The molecule has 1 aromatic rings. The number of aliphatic hydroxyl groups excluding tert-OH is 1. The van der Waals surface area contributed by atoms with Gasteiger partial charge in [0, 0.05) is 25.9 Å². The van der Waals surface area contributed by atoms with Gasteiger partial charge in [-0.15, -0.1) is 0 Å². The molecule has 0 atom stereocenters. The van der Waals surface area contributed by atoms with Gasteiger partial charge >= 0.3 is 5.97 Å². The number of carboxylic acids is 1. The van der Waals surface area contributed by atoms with Crippen molar-refractivity contribution in [3.8, 4) is 0 Å². The van der Waals surface area contributed by atoms with Crippen LogP contribution in [0.25, 0.3) is 0 Å². The summed E-state index contributed by atoms with van der Waals surface area (Å²) >= 11 is 0. The van der Waals surface area contributed by atoms with Crippen LogP contribution in [-0.4, -0.2) is 65.4 Å². The van der Waals surface area contributed by atoms with Crippen LogP contribution in [0, 0.1) is 13.8 Å². The first-order valence-electron chi connectivity index (χ1n) is 6.25. The van der Waals surface area contributed by atoms with Crippen LogP contribution >= 0.6 is 0 Å². The smallest absolute Gasteiger partial charge is 0.352 e. The Balaban J connectivity index is 3.08. The van der Waals surface area contributed by atoms with Gasteiger partial charge in [-0.05, 0) is 19.4 Å². The van der Waals surface area contributed by atoms with E-state index in [4.69, 9.17) is 14.9 Å². The van der Waals surface area contributed by atoms with Crippen molar-refractivity contribution in [3.05, 3.63) is 22.5 Å². The van der Waals surface area contributed by atoms with E-state index in [1.807, 2.05) is 0 Å². The average molecular weight is 284 g/mol. The first-order chi connectivity index (χ1) is 9.43. The van der Waals surface area contributed by atoms with E-state index in [1.54, 1.807) is 13.8 Å². The van der Waals surface area contributed by atoms with Crippen molar-refractivity contribution >= 4 is 11.9 Å². The van der Waals surface area contributed by atoms with E-state index in [2.05, 4.69) is 4.98 Å². The molecule has 1 aromatic heterocycles. The Hall–Kier alpha value is -1.86. The molecule has 0 aliphatic heterocycles. The maximum Gasteiger partial charge on any atom is 0.352 e. The second kappa shape index (κ2) is 7.06. The van der Waals surface area contributed by atoms with E-state index in [-0.39, 0.29) is 24.8 Å². The minimum atomic E-state index is -1.10. The van der Waals surface area contributed by atoms with Crippen LogP contribution in [0.3, 0.4) is 0 Å². The third-order valence-electron chi connectivity index (χ3n) is 3.09. The molecule has 1 amide bonds. The van der Waals surface area contributed by atoms with Gasteiger partial charge in [0.05, 0.1) is 18.8 Å². The van der Waals surface area contributed by atoms with Crippen molar-refractivity contribution in [2.24, 2.45) is 0 Å². The second-order valence-corrected chi connectivity index (χ2v) is 4.44. The Morgan fingerprint density at radius 2 is 1.95 bits per heavy atom. The number of H-pyrrole nitrogens is 1. The van der Waals surface area contributed by atoms with Gasteiger partial charge in [0.25, 0.3) is 5.91 Å². The Morgan fingerprint density at radius 1 is 1.30 bits per heavy atom. The second-order valence-electron chi connectivity index (χ2n) is 4.44. The monoisotopic (exact) mass is 284 g/mol. The van der Waals surface area contributed by atoms with Crippen LogP contribution in [0.2, 0.25) is 0 Å². The number of aliphatic hydroxyl groups is 1. The van der Waals surface area contributed by atoms with E-state index in [9.17, 15) is 9.59 Å². The number of aromatic carboxylic acids is 1. The van der Waals surface area contributed by atoms with Crippen molar-refractivity contribution < 1.29 is 24.5 Å². The molecule has 3 N–H and O–H groups in total. The number of aromatic nitrogens is 1. The highest BCUT2D eigenvalue weighted by Crippen LogP contribution is 2.19. The molecular formula is C13H20N2O5. The van der Waals surface area contributed by atoms with E-state index in [0.717, 1.165) is 0 Å². The van der Waals surface area contributed by atoms with E-state index < -0.39 is 5.97 Å². The summed E-state index contributed by atoms with van der Waals surface area (Å²) < 4.78 is 4.93. The lowest BCUT2D eigenvalue weighted by molar-refractivity contribution is 0.0655. The summed E-state index contributed by atoms with van der Waals surface area (Å²) in [6.07, 6.45) is 0. The van der Waals surface area contributed by atoms with Gasteiger partial charge < -0.3 is 24.8 Å². The fourth-order valence-corrected chi connectivity index (χ4v) is 2.08. The van der Waals surface area contributed by atoms with Crippen LogP contribution in [0.15, 0.2) is 0 Å². The first-order valence-corrected chi connectivity index (χ1v) is 6.25. The molecule has 7 nitrogen and oxygen atoms in total. The first kappa shape index (κ1) is 16.2. The van der Waals surface area contributed by atoms with Crippen LogP contribution in [0.1, 0.15) is 32.1 Å². The number of hydrogen-bond donors (Lipinski definition) is 3. The molecule has 20 heavy (non-hydrogen) atoms. The molecule has 0 aliphatic carbocycles. The number of amides is 1. The minimum Gasteiger partial charge on any atom is -0.477 e. The number of aromatic amines is 1. The van der Waals surface area contributed by atoms with Crippen LogP contribution in [0.4, 0.5) is 0 Å². The van der Waals surface area contributed by atoms with E-state index in [0.29, 0.717) is 30.0 Å². The zero-order chi connectivity index (χ0) is 15.3. The Kier molecular flexibility index (Phi) is 5.72. The van der Waals surface area contributed by atoms with Gasteiger partial charge in [0.15, 0.2) is 0 Å². The number of hydrogen-bond acceptors (Lipinski definition) is 4. The van der Waals surface area contributed by atoms with Crippen molar-refractivity contribution in [3.63, 3.8) is 0 Å².